The standard InChI is InChI=1S/C22H22FN5O/c23-19-6-1-2-7-20(19)27-11-13-28(14-12-27)22(29)17-8-10-25-21(15-17)26-16-18-5-3-4-9-24-18/h1-10,15H,11-14,16H2,(H,25,26). The van der Waals surface area contributed by atoms with Crippen LogP contribution in [0.15, 0.2) is 67.0 Å². The Bertz CT molecular complexity index is 974. The third kappa shape index (κ3) is 4.51. The van der Waals surface area contributed by atoms with E-state index in [1.165, 1.54) is 6.07 Å². The number of halogens is 1. The minimum Gasteiger partial charge on any atom is -0.366 e. The van der Waals surface area contributed by atoms with Crippen LogP contribution in [0.3, 0.4) is 0 Å². The van der Waals surface area contributed by atoms with Crippen LogP contribution in [-0.2, 0) is 6.54 Å². The minimum absolute atomic E-state index is 0.0403. The number of amides is 1. The van der Waals surface area contributed by atoms with Crippen molar-refractivity contribution in [1.29, 1.82) is 0 Å². The molecule has 3 aromatic rings. The van der Waals surface area contributed by atoms with Crippen LogP contribution in [0.1, 0.15) is 16.1 Å². The molecule has 1 saturated heterocycles. The minimum atomic E-state index is -0.231. The third-order valence-corrected chi connectivity index (χ3v) is 4.94. The predicted octanol–water partition coefficient (Wildman–Crippen LogP) is 3.19. The predicted molar refractivity (Wildman–Crippen MR) is 110 cm³/mol. The van der Waals surface area contributed by atoms with Crippen molar-refractivity contribution in [2.75, 3.05) is 36.4 Å². The molecule has 4 rings (SSSR count). The molecule has 0 unspecified atom stereocenters. The molecule has 148 valence electrons. The molecule has 0 aliphatic carbocycles. The summed E-state index contributed by atoms with van der Waals surface area (Å²) in [5, 5.41) is 3.20. The number of benzene rings is 1. The van der Waals surface area contributed by atoms with Gasteiger partial charge in [-0.25, -0.2) is 9.37 Å². The van der Waals surface area contributed by atoms with Gasteiger partial charge in [0.25, 0.3) is 5.91 Å². The number of rotatable bonds is 5. The topological polar surface area (TPSA) is 61.4 Å². The number of para-hydroxylation sites is 1. The van der Waals surface area contributed by atoms with Gasteiger partial charge in [0, 0.05) is 44.1 Å². The van der Waals surface area contributed by atoms with E-state index in [4.69, 9.17) is 0 Å². The Labute approximate surface area is 169 Å². The number of carbonyl (C=O) groups excluding carboxylic acids is 1. The molecular weight excluding hydrogens is 369 g/mol. The van der Waals surface area contributed by atoms with E-state index in [9.17, 15) is 9.18 Å². The summed E-state index contributed by atoms with van der Waals surface area (Å²) >= 11 is 0. The highest BCUT2D eigenvalue weighted by Gasteiger charge is 2.23. The lowest BCUT2D eigenvalue weighted by Crippen LogP contribution is -2.49. The number of aromatic nitrogens is 2. The van der Waals surface area contributed by atoms with Crippen LogP contribution in [0.4, 0.5) is 15.9 Å². The van der Waals surface area contributed by atoms with Gasteiger partial charge < -0.3 is 15.1 Å². The summed E-state index contributed by atoms with van der Waals surface area (Å²) in [6, 6.07) is 15.9. The number of nitrogens with one attached hydrogen (secondary N) is 1. The summed E-state index contributed by atoms with van der Waals surface area (Å²) in [4.78, 5) is 25.2. The molecule has 0 atom stereocenters. The summed E-state index contributed by atoms with van der Waals surface area (Å²) in [6.45, 7) is 2.83. The Morgan fingerprint density at radius 2 is 1.76 bits per heavy atom. The van der Waals surface area contributed by atoms with Gasteiger partial charge in [-0.15, -0.1) is 0 Å². The molecule has 1 fully saturated rings. The van der Waals surface area contributed by atoms with Crippen LogP contribution in [0.25, 0.3) is 0 Å². The summed E-state index contributed by atoms with van der Waals surface area (Å²) in [5.74, 6) is 0.359. The Morgan fingerprint density at radius 1 is 0.966 bits per heavy atom. The molecule has 1 aliphatic rings. The van der Waals surface area contributed by atoms with Crippen LogP contribution in [0, 0.1) is 5.82 Å². The average molecular weight is 391 g/mol. The van der Waals surface area contributed by atoms with Gasteiger partial charge >= 0.3 is 0 Å². The first-order chi connectivity index (χ1) is 14.2. The second kappa shape index (κ2) is 8.68. The van der Waals surface area contributed by atoms with E-state index < -0.39 is 0 Å². The molecule has 1 N–H and O–H groups in total. The molecule has 6 nitrogen and oxygen atoms in total. The number of piperazine rings is 1. The number of hydrogen-bond donors (Lipinski definition) is 1. The number of pyridine rings is 2. The van der Waals surface area contributed by atoms with Gasteiger partial charge in [0.2, 0.25) is 0 Å². The first kappa shape index (κ1) is 18.9. The summed E-state index contributed by atoms with van der Waals surface area (Å²) in [7, 11) is 0. The van der Waals surface area contributed by atoms with Gasteiger partial charge in [-0.1, -0.05) is 18.2 Å². The maximum absolute atomic E-state index is 14.0. The number of carbonyl (C=O) groups is 1. The Morgan fingerprint density at radius 3 is 2.52 bits per heavy atom. The Hall–Kier alpha value is -3.48. The van der Waals surface area contributed by atoms with Crippen molar-refractivity contribution in [2.45, 2.75) is 6.54 Å². The highest BCUT2D eigenvalue weighted by atomic mass is 19.1. The van der Waals surface area contributed by atoms with Crippen LogP contribution >= 0.6 is 0 Å². The van der Waals surface area contributed by atoms with Crippen molar-refractivity contribution in [3.8, 4) is 0 Å². The molecule has 0 bridgehead atoms. The summed E-state index contributed by atoms with van der Waals surface area (Å²) < 4.78 is 14.0. The van der Waals surface area contributed by atoms with Crippen molar-refractivity contribution in [3.05, 3.63) is 84.1 Å². The average Bonchev–Trinajstić information content (AvgIpc) is 2.79. The lowest BCUT2D eigenvalue weighted by molar-refractivity contribution is 0.0746. The fraction of sp³-hybridized carbons (Fsp3) is 0.227. The molecule has 29 heavy (non-hydrogen) atoms. The van der Waals surface area contributed by atoms with E-state index in [0.717, 1.165) is 5.69 Å². The first-order valence-electron chi connectivity index (χ1n) is 9.59. The van der Waals surface area contributed by atoms with Gasteiger partial charge in [-0.05, 0) is 36.4 Å². The fourth-order valence-corrected chi connectivity index (χ4v) is 3.39. The molecule has 3 heterocycles. The highest BCUT2D eigenvalue weighted by Crippen LogP contribution is 2.21. The second-order valence-corrected chi connectivity index (χ2v) is 6.84. The van der Waals surface area contributed by atoms with E-state index in [0.29, 0.717) is 49.8 Å². The zero-order chi connectivity index (χ0) is 20.1. The van der Waals surface area contributed by atoms with Gasteiger partial charge in [-0.3, -0.25) is 9.78 Å². The molecule has 1 aromatic carbocycles. The maximum Gasteiger partial charge on any atom is 0.254 e. The molecule has 2 aromatic heterocycles. The molecule has 1 amide bonds. The quantitative estimate of drug-likeness (QED) is 0.724. The van der Waals surface area contributed by atoms with Gasteiger partial charge in [-0.2, -0.15) is 0 Å². The lowest BCUT2D eigenvalue weighted by atomic mass is 10.2. The van der Waals surface area contributed by atoms with Crippen molar-refractivity contribution in [3.63, 3.8) is 0 Å². The van der Waals surface area contributed by atoms with Gasteiger partial charge in [0.15, 0.2) is 0 Å². The highest BCUT2D eigenvalue weighted by molar-refractivity contribution is 5.95. The fourth-order valence-electron chi connectivity index (χ4n) is 3.39. The van der Waals surface area contributed by atoms with Gasteiger partial charge in [0.1, 0.15) is 11.6 Å². The van der Waals surface area contributed by atoms with E-state index in [1.54, 1.807) is 41.6 Å². The summed E-state index contributed by atoms with van der Waals surface area (Å²) in [5.41, 5.74) is 2.07. The maximum atomic E-state index is 14.0. The van der Waals surface area contributed by atoms with Crippen LogP contribution in [-0.4, -0.2) is 47.0 Å². The van der Waals surface area contributed by atoms with E-state index in [2.05, 4.69) is 15.3 Å². The SMILES string of the molecule is O=C(c1ccnc(NCc2ccccn2)c1)N1CCN(c2ccccc2F)CC1. The summed E-state index contributed by atoms with van der Waals surface area (Å²) in [6.07, 6.45) is 3.37. The lowest BCUT2D eigenvalue weighted by Gasteiger charge is -2.36. The van der Waals surface area contributed by atoms with Crippen molar-refractivity contribution in [1.82, 2.24) is 14.9 Å². The zero-order valence-corrected chi connectivity index (χ0v) is 16.0. The zero-order valence-electron chi connectivity index (χ0n) is 16.0. The number of hydrogen-bond acceptors (Lipinski definition) is 5. The van der Waals surface area contributed by atoms with E-state index in [1.807, 2.05) is 29.2 Å². The molecule has 1 aliphatic heterocycles. The monoisotopic (exact) mass is 391 g/mol. The molecular formula is C22H22FN5O. The van der Waals surface area contributed by atoms with Crippen molar-refractivity contribution < 1.29 is 9.18 Å². The normalized spacial score (nSPS) is 14.0. The molecule has 7 heteroatoms. The Balaban J connectivity index is 1.37. The van der Waals surface area contributed by atoms with E-state index >= 15 is 0 Å². The van der Waals surface area contributed by atoms with Gasteiger partial charge in [0.05, 0.1) is 17.9 Å². The number of anilines is 2. The van der Waals surface area contributed by atoms with Crippen molar-refractivity contribution in [2.24, 2.45) is 0 Å². The molecule has 0 radical (unpaired) electrons. The number of nitrogens with zero attached hydrogens (tertiary/aromatic N) is 4. The second-order valence-electron chi connectivity index (χ2n) is 6.84. The third-order valence-electron chi connectivity index (χ3n) is 4.94. The molecule has 0 saturated carbocycles. The molecule has 0 spiro atoms. The van der Waals surface area contributed by atoms with Crippen LogP contribution < -0.4 is 10.2 Å². The smallest absolute Gasteiger partial charge is 0.254 e. The first-order valence-corrected chi connectivity index (χ1v) is 9.59. The van der Waals surface area contributed by atoms with Crippen molar-refractivity contribution >= 4 is 17.4 Å². The Kier molecular flexibility index (Phi) is 5.65. The largest absolute Gasteiger partial charge is 0.366 e. The van der Waals surface area contributed by atoms with E-state index in [-0.39, 0.29) is 11.7 Å². The van der Waals surface area contributed by atoms with Crippen LogP contribution in [0.5, 0.6) is 0 Å². The van der Waals surface area contributed by atoms with Crippen LogP contribution in [0.2, 0.25) is 0 Å².